The molecule has 1 aromatic heterocycles. The fourth-order valence-corrected chi connectivity index (χ4v) is 0.927. The van der Waals surface area contributed by atoms with E-state index in [1.165, 1.54) is 0 Å². The summed E-state index contributed by atoms with van der Waals surface area (Å²) >= 11 is 0. The zero-order valence-electron chi connectivity index (χ0n) is 9.93. The summed E-state index contributed by atoms with van der Waals surface area (Å²) in [5.74, 6) is 0.111. The summed E-state index contributed by atoms with van der Waals surface area (Å²) in [7, 11) is 0. The highest BCUT2D eigenvalue weighted by Gasteiger charge is 2.09. The van der Waals surface area contributed by atoms with Crippen LogP contribution in [0.3, 0.4) is 0 Å². The molecule has 1 unspecified atom stereocenters. The number of nitrogens with zero attached hydrogens (tertiary/aromatic N) is 3. The highest BCUT2D eigenvalue weighted by molar-refractivity contribution is 5.20. The molecule has 1 rings (SSSR count). The summed E-state index contributed by atoms with van der Waals surface area (Å²) in [6.45, 7) is 6.50. The van der Waals surface area contributed by atoms with Gasteiger partial charge in [0.25, 0.3) is 0 Å². The lowest BCUT2D eigenvalue weighted by atomic mass is 10.3. The molecule has 0 amide bonds. The molecule has 0 radical (unpaired) electrons. The molecule has 1 aromatic rings. The Morgan fingerprint density at radius 3 is 2.50 bits per heavy atom. The lowest BCUT2D eigenvalue weighted by Gasteiger charge is -2.11. The van der Waals surface area contributed by atoms with E-state index in [0.717, 1.165) is 12.8 Å². The number of nitrogens with two attached hydrogens (primary N) is 1. The van der Waals surface area contributed by atoms with Crippen LogP contribution in [-0.4, -0.2) is 27.7 Å². The van der Waals surface area contributed by atoms with Crippen LogP contribution in [-0.2, 0) is 0 Å². The fraction of sp³-hybridized carbons (Fsp3) is 0.700. The van der Waals surface area contributed by atoms with Crippen LogP contribution in [0.25, 0.3) is 0 Å². The van der Waals surface area contributed by atoms with Crippen LogP contribution in [0.15, 0.2) is 0 Å². The van der Waals surface area contributed by atoms with Crippen molar-refractivity contribution in [2.24, 2.45) is 0 Å². The molecular formula is C10H18N4O2. The minimum absolute atomic E-state index is 0.0424. The Kier molecular flexibility index (Phi) is 4.75. The lowest BCUT2D eigenvalue weighted by molar-refractivity contribution is 0.193. The smallest absolute Gasteiger partial charge is 0.324 e. The Labute approximate surface area is 95.2 Å². The third kappa shape index (κ3) is 3.88. The molecule has 2 N–H and O–H groups in total. The van der Waals surface area contributed by atoms with Gasteiger partial charge in [0.2, 0.25) is 5.95 Å². The molecular weight excluding hydrogens is 208 g/mol. The molecule has 1 heterocycles. The largest absolute Gasteiger partial charge is 0.463 e. The highest BCUT2D eigenvalue weighted by Crippen LogP contribution is 2.13. The van der Waals surface area contributed by atoms with Crippen LogP contribution in [0.2, 0.25) is 0 Å². The van der Waals surface area contributed by atoms with Crippen molar-refractivity contribution in [3.8, 4) is 12.0 Å². The van der Waals surface area contributed by atoms with Crippen molar-refractivity contribution in [3.05, 3.63) is 0 Å². The molecule has 0 aliphatic carbocycles. The molecule has 0 saturated heterocycles. The molecule has 0 saturated carbocycles. The summed E-state index contributed by atoms with van der Waals surface area (Å²) in [5, 5.41) is 0. The highest BCUT2D eigenvalue weighted by atomic mass is 16.5. The van der Waals surface area contributed by atoms with Crippen molar-refractivity contribution in [1.82, 2.24) is 15.0 Å². The Hall–Kier alpha value is -1.59. The Morgan fingerprint density at radius 2 is 1.88 bits per heavy atom. The van der Waals surface area contributed by atoms with Crippen LogP contribution in [0, 0.1) is 0 Å². The molecule has 90 valence electrons. The Bertz CT molecular complexity index is 333. The quantitative estimate of drug-likeness (QED) is 0.789. The third-order valence-corrected chi connectivity index (χ3v) is 1.93. The molecule has 0 bridgehead atoms. The molecule has 0 spiro atoms. The van der Waals surface area contributed by atoms with Crippen molar-refractivity contribution in [2.45, 2.75) is 39.7 Å². The van der Waals surface area contributed by atoms with Crippen LogP contribution >= 0.6 is 0 Å². The van der Waals surface area contributed by atoms with Gasteiger partial charge in [-0.25, -0.2) is 0 Å². The standard InChI is InChI=1S/C10H18N4O2/c1-4-6-15-9-12-8(11)13-10(14-9)16-7(3)5-2/h7H,4-6H2,1-3H3,(H2,11,12,13,14). The molecule has 6 heteroatoms. The van der Waals surface area contributed by atoms with Crippen molar-refractivity contribution in [3.63, 3.8) is 0 Å². The SMILES string of the molecule is CCCOc1nc(N)nc(OC(C)CC)n1. The fourth-order valence-electron chi connectivity index (χ4n) is 0.927. The Morgan fingerprint density at radius 1 is 1.19 bits per heavy atom. The van der Waals surface area contributed by atoms with E-state index in [0.29, 0.717) is 6.61 Å². The maximum absolute atomic E-state index is 5.53. The average molecular weight is 226 g/mol. The lowest BCUT2D eigenvalue weighted by Crippen LogP contribution is -2.14. The molecule has 0 aliphatic heterocycles. The molecule has 1 atom stereocenters. The molecule has 0 aliphatic rings. The second kappa shape index (κ2) is 6.09. The van der Waals surface area contributed by atoms with E-state index in [-0.39, 0.29) is 24.1 Å². The first kappa shape index (κ1) is 12.5. The maximum Gasteiger partial charge on any atom is 0.324 e. The van der Waals surface area contributed by atoms with Gasteiger partial charge in [-0.2, -0.15) is 9.97 Å². The summed E-state index contributed by atoms with van der Waals surface area (Å²) in [5.41, 5.74) is 5.53. The van der Waals surface area contributed by atoms with Gasteiger partial charge in [0, 0.05) is 0 Å². The van der Waals surface area contributed by atoms with Gasteiger partial charge in [0.1, 0.15) is 0 Å². The first-order chi connectivity index (χ1) is 7.65. The van der Waals surface area contributed by atoms with Gasteiger partial charge in [0.05, 0.1) is 12.7 Å². The molecule has 6 nitrogen and oxygen atoms in total. The van der Waals surface area contributed by atoms with Crippen molar-refractivity contribution in [1.29, 1.82) is 0 Å². The van der Waals surface area contributed by atoms with Crippen molar-refractivity contribution in [2.75, 3.05) is 12.3 Å². The van der Waals surface area contributed by atoms with Gasteiger partial charge in [0.15, 0.2) is 0 Å². The van der Waals surface area contributed by atoms with Gasteiger partial charge in [-0.3, -0.25) is 0 Å². The van der Waals surface area contributed by atoms with Gasteiger partial charge < -0.3 is 15.2 Å². The molecule has 16 heavy (non-hydrogen) atoms. The summed E-state index contributed by atoms with van der Waals surface area (Å²) < 4.78 is 10.7. The number of anilines is 1. The van der Waals surface area contributed by atoms with E-state index >= 15 is 0 Å². The monoisotopic (exact) mass is 226 g/mol. The third-order valence-electron chi connectivity index (χ3n) is 1.93. The van der Waals surface area contributed by atoms with Gasteiger partial charge in [-0.1, -0.05) is 13.8 Å². The summed E-state index contributed by atoms with van der Waals surface area (Å²) in [6, 6.07) is 0.431. The predicted octanol–water partition coefficient (Wildman–Crippen LogP) is 1.42. The van der Waals surface area contributed by atoms with E-state index in [2.05, 4.69) is 15.0 Å². The summed E-state index contributed by atoms with van der Waals surface area (Å²) in [4.78, 5) is 11.8. The van der Waals surface area contributed by atoms with Crippen LogP contribution in [0.5, 0.6) is 12.0 Å². The number of hydrogen-bond donors (Lipinski definition) is 1. The zero-order valence-corrected chi connectivity index (χ0v) is 9.93. The number of nitrogen functional groups attached to an aromatic ring is 1. The topological polar surface area (TPSA) is 83.2 Å². The predicted molar refractivity (Wildman–Crippen MR) is 60.4 cm³/mol. The van der Waals surface area contributed by atoms with Gasteiger partial charge in [-0.15, -0.1) is 4.98 Å². The summed E-state index contributed by atoms with van der Waals surface area (Å²) in [6.07, 6.45) is 1.80. The molecule has 0 fully saturated rings. The normalized spacial score (nSPS) is 12.2. The number of ether oxygens (including phenoxy) is 2. The number of hydrogen-bond acceptors (Lipinski definition) is 6. The number of aromatic nitrogens is 3. The van der Waals surface area contributed by atoms with E-state index in [1.807, 2.05) is 20.8 Å². The van der Waals surface area contributed by atoms with Crippen LogP contribution in [0.1, 0.15) is 33.6 Å². The van der Waals surface area contributed by atoms with Crippen LogP contribution < -0.4 is 15.2 Å². The molecule has 0 aromatic carbocycles. The number of rotatable bonds is 6. The van der Waals surface area contributed by atoms with E-state index in [1.54, 1.807) is 0 Å². The second-order valence-electron chi connectivity index (χ2n) is 3.44. The van der Waals surface area contributed by atoms with Crippen molar-refractivity contribution >= 4 is 5.95 Å². The first-order valence-electron chi connectivity index (χ1n) is 5.46. The van der Waals surface area contributed by atoms with Gasteiger partial charge >= 0.3 is 12.0 Å². The van der Waals surface area contributed by atoms with E-state index in [4.69, 9.17) is 15.2 Å². The maximum atomic E-state index is 5.53. The van der Waals surface area contributed by atoms with E-state index < -0.39 is 0 Å². The average Bonchev–Trinajstić information content (AvgIpc) is 2.25. The minimum Gasteiger partial charge on any atom is -0.463 e. The van der Waals surface area contributed by atoms with Crippen molar-refractivity contribution < 1.29 is 9.47 Å². The minimum atomic E-state index is 0.0424. The van der Waals surface area contributed by atoms with Gasteiger partial charge in [-0.05, 0) is 19.8 Å². The van der Waals surface area contributed by atoms with E-state index in [9.17, 15) is 0 Å². The Balaban J connectivity index is 2.73. The second-order valence-corrected chi connectivity index (χ2v) is 3.44. The van der Waals surface area contributed by atoms with Crippen LogP contribution in [0.4, 0.5) is 5.95 Å². The zero-order chi connectivity index (χ0) is 12.0. The first-order valence-corrected chi connectivity index (χ1v) is 5.46.